The quantitative estimate of drug-likeness (QED) is 0.316. The van der Waals surface area contributed by atoms with Crippen LogP contribution in [0.5, 0.6) is 0 Å². The van der Waals surface area contributed by atoms with E-state index < -0.39 is 23.1 Å². The van der Waals surface area contributed by atoms with Gasteiger partial charge in [0.1, 0.15) is 11.5 Å². The highest BCUT2D eigenvalue weighted by Gasteiger charge is 2.78. The topological polar surface area (TPSA) is 108 Å². The molecule has 0 radical (unpaired) electrons. The molecule has 10 atom stereocenters. The van der Waals surface area contributed by atoms with E-state index in [-0.39, 0.29) is 47.3 Å². The lowest BCUT2D eigenvalue weighted by molar-refractivity contribution is -0.162. The van der Waals surface area contributed by atoms with Gasteiger partial charge < -0.3 is 25.0 Å². The Kier molecular flexibility index (Phi) is 7.95. The van der Waals surface area contributed by atoms with Crippen molar-refractivity contribution in [2.24, 2.45) is 29.1 Å². The minimum atomic E-state index is -1.08. The molecular formula is C31H43NO6. The van der Waals surface area contributed by atoms with Gasteiger partial charge in [0.2, 0.25) is 5.91 Å². The summed E-state index contributed by atoms with van der Waals surface area (Å²) in [6.07, 6.45) is 8.86. The maximum atomic E-state index is 14.3. The van der Waals surface area contributed by atoms with Crippen LogP contribution in [0.4, 0.5) is 0 Å². The van der Waals surface area contributed by atoms with Crippen molar-refractivity contribution in [2.75, 3.05) is 7.11 Å². The third-order valence-corrected chi connectivity index (χ3v) is 9.24. The molecule has 1 amide bonds. The van der Waals surface area contributed by atoms with Crippen LogP contribution in [-0.2, 0) is 25.5 Å². The highest BCUT2D eigenvalue weighted by atomic mass is 16.6. The molecule has 208 valence electrons. The summed E-state index contributed by atoms with van der Waals surface area (Å²) in [5, 5.41) is 21.5. The minimum absolute atomic E-state index is 0.0517. The van der Waals surface area contributed by atoms with Crippen LogP contribution in [0, 0.1) is 29.1 Å². The number of epoxide rings is 1. The van der Waals surface area contributed by atoms with Gasteiger partial charge in [-0.3, -0.25) is 9.59 Å². The molecule has 0 aromatic heterocycles. The molecule has 38 heavy (non-hydrogen) atoms. The minimum Gasteiger partial charge on any atom is -0.457 e. The number of rotatable bonds is 3. The number of allylic oxidation sites excluding steroid dienone is 1. The first-order chi connectivity index (χ1) is 18.0. The number of carbonyl (C=O) groups is 2. The molecule has 1 aromatic carbocycles. The molecule has 3 fully saturated rings. The van der Waals surface area contributed by atoms with Crippen LogP contribution in [0.15, 0.2) is 54.6 Å². The van der Waals surface area contributed by atoms with Crippen LogP contribution in [0.3, 0.4) is 0 Å². The molecule has 1 aromatic rings. The number of aliphatic hydroxyl groups is 2. The lowest BCUT2D eigenvalue weighted by Crippen LogP contribution is -2.60. The zero-order chi connectivity index (χ0) is 27.9. The third-order valence-electron chi connectivity index (χ3n) is 9.24. The average Bonchev–Trinajstić information content (AvgIpc) is 3.48. The molecule has 3 N–H and O–H groups in total. The Balaban J connectivity index is 0.00000164. The largest absolute Gasteiger partial charge is 0.457 e. The standard InChI is InChI=1S/C30H39NO5.CH4O/c1-18-10-9-13-22-26-29(5,36-26)19(2)25-23(16-21-11-7-6-8-12-21)31-27(33)30(22,25)24(35-20(3)32)14-15-28(4,34)17-18;1-2/h6-9,11-15,18-19,22-26,34H,10,16-17H2,1-5H3,(H,31,33);2H,1H3/b13-9+,15-14+;/t18-,19-,22-,23-,24+,25-,26-,28-,29+,30+;/m0./s1. The van der Waals surface area contributed by atoms with E-state index in [2.05, 4.69) is 50.4 Å². The molecule has 0 bridgehead atoms. The number of benzene rings is 1. The molecule has 4 aliphatic rings. The molecule has 2 saturated heterocycles. The second kappa shape index (κ2) is 10.6. The fraction of sp³-hybridized carbons (Fsp3) is 0.613. The SMILES string of the molecule is CC(=O)O[C@@H]1/C=C/[C@](C)(O)C[C@@H](C)C/C=C/[C@H]2[C@@H]3O[C@]3(C)[C@@H](C)[C@H]3[C@H](Cc4ccccc4)NC(=O)[C@@]312.CO. The van der Waals surface area contributed by atoms with E-state index in [0.717, 1.165) is 19.1 Å². The summed E-state index contributed by atoms with van der Waals surface area (Å²) in [6.45, 7) is 9.59. The van der Waals surface area contributed by atoms with E-state index in [9.17, 15) is 14.7 Å². The summed E-state index contributed by atoms with van der Waals surface area (Å²) in [4.78, 5) is 26.7. The zero-order valence-corrected chi connectivity index (χ0v) is 23.4. The highest BCUT2D eigenvalue weighted by Crippen LogP contribution is 2.67. The van der Waals surface area contributed by atoms with Crippen LogP contribution in [0.25, 0.3) is 0 Å². The molecule has 2 aliphatic heterocycles. The van der Waals surface area contributed by atoms with Crippen LogP contribution in [0.2, 0.25) is 0 Å². The van der Waals surface area contributed by atoms with Gasteiger partial charge in [0, 0.05) is 31.9 Å². The maximum Gasteiger partial charge on any atom is 0.303 e. The van der Waals surface area contributed by atoms with Gasteiger partial charge in [-0.15, -0.1) is 0 Å². The van der Waals surface area contributed by atoms with Gasteiger partial charge in [-0.2, -0.15) is 0 Å². The first-order valence-electron chi connectivity index (χ1n) is 13.7. The van der Waals surface area contributed by atoms with E-state index in [1.54, 1.807) is 19.1 Å². The fourth-order valence-corrected chi connectivity index (χ4v) is 7.54. The monoisotopic (exact) mass is 525 g/mol. The van der Waals surface area contributed by atoms with E-state index >= 15 is 0 Å². The van der Waals surface area contributed by atoms with Crippen molar-refractivity contribution in [1.82, 2.24) is 5.32 Å². The van der Waals surface area contributed by atoms with Crippen molar-refractivity contribution in [3.8, 4) is 0 Å². The first kappa shape index (κ1) is 28.5. The normalized spacial score (nSPS) is 44.9. The van der Waals surface area contributed by atoms with Gasteiger partial charge in [0.25, 0.3) is 0 Å². The van der Waals surface area contributed by atoms with Crippen molar-refractivity contribution in [3.05, 3.63) is 60.2 Å². The summed E-state index contributed by atoms with van der Waals surface area (Å²) in [5.41, 5.74) is -1.31. The van der Waals surface area contributed by atoms with E-state index in [0.29, 0.717) is 12.8 Å². The smallest absolute Gasteiger partial charge is 0.303 e. The summed E-state index contributed by atoms with van der Waals surface area (Å²) in [6, 6.07) is 10.0. The van der Waals surface area contributed by atoms with Gasteiger partial charge in [-0.1, -0.05) is 62.4 Å². The molecule has 7 heteroatoms. The Hall–Kier alpha value is -2.48. The third kappa shape index (κ3) is 4.85. The number of hydrogen-bond donors (Lipinski definition) is 3. The Morgan fingerprint density at radius 3 is 2.50 bits per heavy atom. The van der Waals surface area contributed by atoms with Crippen LogP contribution in [0.1, 0.15) is 53.0 Å². The number of fused-ring (bicyclic) bond motifs is 2. The maximum absolute atomic E-state index is 14.3. The second-order valence-corrected chi connectivity index (χ2v) is 12.0. The van der Waals surface area contributed by atoms with Crippen molar-refractivity contribution in [1.29, 1.82) is 0 Å². The van der Waals surface area contributed by atoms with E-state index in [1.165, 1.54) is 6.92 Å². The lowest BCUT2D eigenvalue weighted by Gasteiger charge is -2.49. The van der Waals surface area contributed by atoms with Crippen LogP contribution < -0.4 is 5.32 Å². The van der Waals surface area contributed by atoms with Gasteiger partial charge in [-0.05, 0) is 56.6 Å². The van der Waals surface area contributed by atoms with Gasteiger partial charge in [0.05, 0.1) is 17.3 Å². The highest BCUT2D eigenvalue weighted by molar-refractivity contribution is 5.89. The van der Waals surface area contributed by atoms with Gasteiger partial charge in [0.15, 0.2) is 0 Å². The zero-order valence-electron chi connectivity index (χ0n) is 23.4. The summed E-state index contributed by atoms with van der Waals surface area (Å²) >= 11 is 0. The lowest BCUT2D eigenvalue weighted by atomic mass is 9.51. The average molecular weight is 526 g/mol. The molecule has 2 heterocycles. The van der Waals surface area contributed by atoms with Gasteiger partial charge in [-0.25, -0.2) is 0 Å². The number of amides is 1. The predicted molar refractivity (Wildman–Crippen MR) is 145 cm³/mol. The second-order valence-electron chi connectivity index (χ2n) is 12.0. The first-order valence-corrected chi connectivity index (χ1v) is 13.7. The Labute approximate surface area is 226 Å². The molecule has 1 saturated carbocycles. The molecule has 2 aliphatic carbocycles. The van der Waals surface area contributed by atoms with Crippen LogP contribution >= 0.6 is 0 Å². The van der Waals surface area contributed by atoms with Crippen molar-refractivity contribution in [3.63, 3.8) is 0 Å². The fourth-order valence-electron chi connectivity index (χ4n) is 7.54. The molecule has 7 nitrogen and oxygen atoms in total. The van der Waals surface area contributed by atoms with E-state index in [1.807, 2.05) is 18.2 Å². The number of hydrogen-bond acceptors (Lipinski definition) is 6. The molecule has 5 rings (SSSR count). The molecule has 1 spiro atoms. The molecule has 0 unspecified atom stereocenters. The van der Waals surface area contributed by atoms with Crippen molar-refractivity contribution in [2.45, 2.75) is 83.3 Å². The van der Waals surface area contributed by atoms with Crippen LogP contribution in [-0.4, -0.2) is 58.7 Å². The van der Waals surface area contributed by atoms with Gasteiger partial charge >= 0.3 is 5.97 Å². The van der Waals surface area contributed by atoms with E-state index in [4.69, 9.17) is 14.6 Å². The van der Waals surface area contributed by atoms with Crippen molar-refractivity contribution < 1.29 is 29.3 Å². The Bertz CT molecular complexity index is 1080. The summed E-state index contributed by atoms with van der Waals surface area (Å²) in [7, 11) is 1.00. The number of aliphatic hydroxyl groups excluding tert-OH is 1. The summed E-state index contributed by atoms with van der Waals surface area (Å²) in [5.74, 6) is -0.642. The Morgan fingerprint density at radius 1 is 1.16 bits per heavy atom. The number of esters is 1. The Morgan fingerprint density at radius 2 is 1.84 bits per heavy atom. The predicted octanol–water partition coefficient (Wildman–Crippen LogP) is 3.59. The summed E-state index contributed by atoms with van der Waals surface area (Å²) < 4.78 is 12.4. The number of ether oxygens (including phenoxy) is 2. The van der Waals surface area contributed by atoms with Crippen molar-refractivity contribution >= 4 is 11.9 Å². The number of nitrogens with one attached hydrogen (secondary N) is 1. The number of carbonyl (C=O) groups excluding carboxylic acids is 2. The molecular weight excluding hydrogens is 482 g/mol.